The quantitative estimate of drug-likeness (QED) is 0.813. The number of carboxylic acids is 1. The highest BCUT2D eigenvalue weighted by Gasteiger charge is 2.19. The summed E-state index contributed by atoms with van der Waals surface area (Å²) < 4.78 is 4.50. The molecule has 0 unspecified atom stereocenters. The van der Waals surface area contributed by atoms with Gasteiger partial charge in [0.25, 0.3) is 0 Å². The number of hydrogen-bond acceptors (Lipinski definition) is 3. The SMILES string of the molecule is C1CCC(NC2CCCCC2)CC1.CCOCC(=O)O. The molecule has 0 heterocycles. The molecule has 2 N–H and O–H groups in total. The summed E-state index contributed by atoms with van der Waals surface area (Å²) in [4.78, 5) is 9.63. The van der Waals surface area contributed by atoms with Crippen LogP contribution in [0.2, 0.25) is 0 Å². The first kappa shape index (κ1) is 17.4. The van der Waals surface area contributed by atoms with Crippen LogP contribution in [0.25, 0.3) is 0 Å². The highest BCUT2D eigenvalue weighted by Crippen LogP contribution is 2.22. The van der Waals surface area contributed by atoms with Crippen LogP contribution < -0.4 is 5.32 Å². The van der Waals surface area contributed by atoms with E-state index in [1.807, 2.05) is 0 Å². The van der Waals surface area contributed by atoms with E-state index in [1.165, 1.54) is 64.2 Å². The number of nitrogens with one attached hydrogen (secondary N) is 1. The second-order valence-electron chi connectivity index (χ2n) is 5.87. The van der Waals surface area contributed by atoms with E-state index in [-0.39, 0.29) is 6.61 Å². The zero-order valence-corrected chi connectivity index (χ0v) is 12.9. The van der Waals surface area contributed by atoms with Gasteiger partial charge in [0.05, 0.1) is 0 Å². The standard InChI is InChI=1S/C12H23N.C4H8O3/c1-3-7-11(8-4-1)13-12-9-5-2-6-10-12;1-2-7-3-4(5)6/h11-13H,1-10H2;2-3H2,1H3,(H,5,6). The van der Waals surface area contributed by atoms with E-state index in [2.05, 4.69) is 10.1 Å². The highest BCUT2D eigenvalue weighted by atomic mass is 16.5. The Morgan fingerprint density at radius 3 is 1.75 bits per heavy atom. The molecule has 118 valence electrons. The normalized spacial score (nSPS) is 21.1. The second kappa shape index (κ2) is 11.1. The highest BCUT2D eigenvalue weighted by molar-refractivity contribution is 5.67. The van der Waals surface area contributed by atoms with E-state index in [0.717, 1.165) is 12.1 Å². The molecule has 4 nitrogen and oxygen atoms in total. The maximum atomic E-state index is 9.63. The zero-order valence-electron chi connectivity index (χ0n) is 12.9. The van der Waals surface area contributed by atoms with Gasteiger partial charge in [-0.25, -0.2) is 4.79 Å². The molecule has 20 heavy (non-hydrogen) atoms. The number of ether oxygens (including phenoxy) is 1. The summed E-state index contributed by atoms with van der Waals surface area (Å²) in [5.74, 6) is -0.915. The molecule has 2 fully saturated rings. The Balaban J connectivity index is 0.000000246. The third-order valence-corrected chi connectivity index (χ3v) is 4.11. The predicted molar refractivity (Wildman–Crippen MR) is 81.0 cm³/mol. The van der Waals surface area contributed by atoms with Gasteiger partial charge in [-0.3, -0.25) is 0 Å². The molecule has 0 bridgehead atoms. The van der Waals surface area contributed by atoms with Crippen LogP contribution in [0, 0.1) is 0 Å². The van der Waals surface area contributed by atoms with Crippen LogP contribution in [0.15, 0.2) is 0 Å². The lowest BCUT2D eigenvalue weighted by Crippen LogP contribution is -2.40. The molecule has 0 amide bonds. The Morgan fingerprint density at radius 1 is 1.00 bits per heavy atom. The molecule has 0 aromatic rings. The third-order valence-electron chi connectivity index (χ3n) is 4.11. The number of carbonyl (C=O) groups is 1. The molecular weight excluding hydrogens is 254 g/mol. The summed E-state index contributed by atoms with van der Waals surface area (Å²) in [6.45, 7) is 2.03. The Morgan fingerprint density at radius 2 is 1.45 bits per heavy atom. The molecule has 2 aliphatic rings. The zero-order chi connectivity index (χ0) is 14.6. The number of hydrogen-bond donors (Lipinski definition) is 2. The molecule has 0 aromatic carbocycles. The molecule has 0 aromatic heterocycles. The second-order valence-corrected chi connectivity index (χ2v) is 5.87. The minimum absolute atomic E-state index is 0.184. The first-order valence-electron chi connectivity index (χ1n) is 8.28. The lowest BCUT2D eigenvalue weighted by molar-refractivity contribution is -0.142. The number of rotatable bonds is 5. The van der Waals surface area contributed by atoms with Crippen molar-refractivity contribution in [2.75, 3.05) is 13.2 Å². The van der Waals surface area contributed by atoms with Gasteiger partial charge in [-0.05, 0) is 32.6 Å². The maximum Gasteiger partial charge on any atom is 0.329 e. The Kier molecular flexibility index (Phi) is 9.67. The number of aliphatic carboxylic acids is 1. The van der Waals surface area contributed by atoms with Gasteiger partial charge in [-0.1, -0.05) is 38.5 Å². The van der Waals surface area contributed by atoms with Crippen molar-refractivity contribution >= 4 is 5.97 Å². The summed E-state index contributed by atoms with van der Waals surface area (Å²) in [6.07, 6.45) is 14.6. The van der Waals surface area contributed by atoms with E-state index >= 15 is 0 Å². The van der Waals surface area contributed by atoms with Gasteiger partial charge in [0.1, 0.15) is 6.61 Å². The van der Waals surface area contributed by atoms with E-state index in [9.17, 15) is 4.79 Å². The smallest absolute Gasteiger partial charge is 0.329 e. The van der Waals surface area contributed by atoms with E-state index in [0.29, 0.717) is 6.61 Å². The lowest BCUT2D eigenvalue weighted by atomic mass is 9.91. The van der Waals surface area contributed by atoms with Crippen molar-refractivity contribution in [3.63, 3.8) is 0 Å². The van der Waals surface area contributed by atoms with Crippen molar-refractivity contribution in [2.24, 2.45) is 0 Å². The van der Waals surface area contributed by atoms with Crippen LogP contribution in [0.5, 0.6) is 0 Å². The van der Waals surface area contributed by atoms with Gasteiger partial charge < -0.3 is 15.2 Å². The summed E-state index contributed by atoms with van der Waals surface area (Å²) in [6, 6.07) is 1.74. The Labute approximate surface area is 123 Å². The Bertz CT molecular complexity index is 230. The fraction of sp³-hybridized carbons (Fsp3) is 0.938. The molecule has 0 atom stereocenters. The topological polar surface area (TPSA) is 58.6 Å². The van der Waals surface area contributed by atoms with E-state index in [1.54, 1.807) is 6.92 Å². The van der Waals surface area contributed by atoms with Crippen molar-refractivity contribution in [3.05, 3.63) is 0 Å². The van der Waals surface area contributed by atoms with Gasteiger partial charge in [-0.15, -0.1) is 0 Å². The fourth-order valence-corrected chi connectivity index (χ4v) is 3.06. The average molecular weight is 285 g/mol. The van der Waals surface area contributed by atoms with Gasteiger partial charge >= 0.3 is 5.97 Å². The molecule has 2 aliphatic carbocycles. The van der Waals surface area contributed by atoms with Gasteiger partial charge in [0.2, 0.25) is 0 Å². The summed E-state index contributed by atoms with van der Waals surface area (Å²) in [5, 5.41) is 11.8. The first-order valence-corrected chi connectivity index (χ1v) is 8.28. The largest absolute Gasteiger partial charge is 0.480 e. The molecule has 0 saturated heterocycles. The van der Waals surface area contributed by atoms with Crippen LogP contribution in [-0.4, -0.2) is 36.4 Å². The van der Waals surface area contributed by atoms with Gasteiger partial charge in [-0.2, -0.15) is 0 Å². The third kappa shape index (κ3) is 8.54. The molecule has 0 spiro atoms. The molecule has 0 aliphatic heterocycles. The van der Waals surface area contributed by atoms with Gasteiger partial charge in [0, 0.05) is 18.7 Å². The van der Waals surface area contributed by atoms with E-state index in [4.69, 9.17) is 5.11 Å². The van der Waals surface area contributed by atoms with E-state index < -0.39 is 5.97 Å². The van der Waals surface area contributed by atoms with Crippen LogP contribution >= 0.6 is 0 Å². The maximum absolute atomic E-state index is 9.63. The molecular formula is C16H31NO3. The first-order chi connectivity index (χ1) is 9.72. The minimum Gasteiger partial charge on any atom is -0.480 e. The van der Waals surface area contributed by atoms with Crippen molar-refractivity contribution in [1.29, 1.82) is 0 Å². The van der Waals surface area contributed by atoms with Crippen molar-refractivity contribution in [2.45, 2.75) is 83.2 Å². The monoisotopic (exact) mass is 285 g/mol. The van der Waals surface area contributed by atoms with Crippen molar-refractivity contribution in [3.8, 4) is 0 Å². The number of carboxylic acid groups (broad SMARTS) is 1. The summed E-state index contributed by atoms with van der Waals surface area (Å²) >= 11 is 0. The minimum atomic E-state index is -0.915. The Hall–Kier alpha value is -0.610. The van der Waals surface area contributed by atoms with Crippen LogP contribution in [-0.2, 0) is 9.53 Å². The van der Waals surface area contributed by atoms with Gasteiger partial charge in [0.15, 0.2) is 0 Å². The van der Waals surface area contributed by atoms with Crippen molar-refractivity contribution in [1.82, 2.24) is 5.32 Å². The summed E-state index contributed by atoms with van der Waals surface area (Å²) in [7, 11) is 0. The van der Waals surface area contributed by atoms with Crippen LogP contribution in [0.1, 0.15) is 71.1 Å². The predicted octanol–water partition coefficient (Wildman–Crippen LogP) is 3.35. The molecule has 4 heteroatoms. The lowest BCUT2D eigenvalue weighted by Gasteiger charge is -2.30. The molecule has 2 saturated carbocycles. The average Bonchev–Trinajstić information content (AvgIpc) is 2.48. The summed E-state index contributed by atoms with van der Waals surface area (Å²) in [5.41, 5.74) is 0. The molecule has 0 radical (unpaired) electrons. The molecule has 2 rings (SSSR count). The van der Waals surface area contributed by atoms with Crippen molar-refractivity contribution < 1.29 is 14.6 Å². The van der Waals surface area contributed by atoms with Crippen LogP contribution in [0.3, 0.4) is 0 Å². The van der Waals surface area contributed by atoms with Crippen LogP contribution in [0.4, 0.5) is 0 Å². The fourth-order valence-electron chi connectivity index (χ4n) is 3.06.